The maximum Gasteiger partial charge on any atom is 0.416 e. The van der Waals surface area contributed by atoms with E-state index in [1.165, 1.54) is 18.2 Å². The molecule has 48 heavy (non-hydrogen) atoms. The minimum Gasteiger partial charge on any atom is -0.487 e. The Morgan fingerprint density at radius 3 is 1.52 bits per heavy atom. The molecule has 4 rings (SSSR count). The lowest BCUT2D eigenvalue weighted by atomic mass is 10.1. The van der Waals surface area contributed by atoms with Crippen LogP contribution in [0, 0.1) is 20.2 Å². The van der Waals surface area contributed by atoms with Gasteiger partial charge >= 0.3 is 24.0 Å². The van der Waals surface area contributed by atoms with Crippen LogP contribution in [0.15, 0.2) is 72.8 Å². The molecule has 0 heterocycles. The predicted octanol–water partition coefficient (Wildman–Crippen LogP) is 10.2. The summed E-state index contributed by atoms with van der Waals surface area (Å²) in [6.07, 6.45) is -9.09. The van der Waals surface area contributed by atoms with Gasteiger partial charge in [0.05, 0.1) is 37.6 Å². The fourth-order valence-electron chi connectivity index (χ4n) is 3.66. The number of benzene rings is 4. The van der Waals surface area contributed by atoms with E-state index in [2.05, 4.69) is 0 Å². The number of carbonyl (C=O) groups is 1. The molecule has 254 valence electrons. The number of hydrogen-bond acceptors (Lipinski definition) is 8. The van der Waals surface area contributed by atoms with Crippen LogP contribution in [0.5, 0.6) is 28.7 Å². The Kier molecular flexibility index (Phi) is 11.7. The van der Waals surface area contributed by atoms with Gasteiger partial charge in [0.1, 0.15) is 28.6 Å². The van der Waals surface area contributed by atoms with Crippen LogP contribution in [0.25, 0.3) is 0 Å². The Balaban J connectivity index is 0.000000260. The highest BCUT2D eigenvalue weighted by atomic mass is 35.5. The Labute approximate surface area is 275 Å². The number of ether oxygens (including phenoxy) is 3. The first kappa shape index (κ1) is 37.2. The van der Waals surface area contributed by atoms with Gasteiger partial charge in [-0.25, -0.2) is 4.79 Å². The normalized spacial score (nSPS) is 11.2. The summed E-state index contributed by atoms with van der Waals surface area (Å²) in [5, 5.41) is 30.1. The molecule has 0 bridgehead atoms. The molecule has 0 unspecified atom stereocenters. The third-order valence-electron chi connectivity index (χ3n) is 5.80. The van der Waals surface area contributed by atoms with Crippen molar-refractivity contribution in [3.05, 3.63) is 120 Å². The van der Waals surface area contributed by atoms with Gasteiger partial charge in [-0.05, 0) is 55.5 Å². The van der Waals surface area contributed by atoms with Gasteiger partial charge in [-0.2, -0.15) is 26.3 Å². The summed E-state index contributed by atoms with van der Waals surface area (Å²) in [4.78, 5) is 31.2. The summed E-state index contributed by atoms with van der Waals surface area (Å²) in [5.74, 6) is -1.71. The van der Waals surface area contributed by atoms with Crippen LogP contribution in [-0.4, -0.2) is 27.5 Å². The number of nitro benzene ring substituents is 2. The number of hydrogen-bond donors (Lipinski definition) is 1. The lowest BCUT2D eigenvalue weighted by Gasteiger charge is -2.12. The number of aromatic carboxylic acids is 1. The highest BCUT2D eigenvalue weighted by Crippen LogP contribution is 2.39. The van der Waals surface area contributed by atoms with E-state index in [1.54, 1.807) is 6.92 Å². The van der Waals surface area contributed by atoms with Gasteiger partial charge < -0.3 is 19.3 Å². The average Bonchev–Trinajstić information content (AvgIpc) is 2.98. The number of halogens is 8. The molecule has 19 heteroatoms. The Morgan fingerprint density at radius 2 is 1.15 bits per heavy atom. The second kappa shape index (κ2) is 15.1. The molecule has 0 aromatic heterocycles. The maximum absolute atomic E-state index is 12.6. The first-order chi connectivity index (χ1) is 22.3. The van der Waals surface area contributed by atoms with Crippen molar-refractivity contribution >= 4 is 40.5 Å². The minimum absolute atomic E-state index is 0.0111. The van der Waals surface area contributed by atoms with Gasteiger partial charge in [-0.3, -0.25) is 20.2 Å². The van der Waals surface area contributed by atoms with E-state index in [9.17, 15) is 51.4 Å². The zero-order valence-corrected chi connectivity index (χ0v) is 25.3. The monoisotopic (exact) mass is 722 g/mol. The zero-order chi connectivity index (χ0) is 36.0. The number of nitrogens with zero attached hydrogens (tertiary/aromatic N) is 2. The van der Waals surface area contributed by atoms with Gasteiger partial charge in [0.15, 0.2) is 0 Å². The van der Waals surface area contributed by atoms with E-state index < -0.39 is 50.5 Å². The molecule has 0 radical (unpaired) electrons. The molecule has 0 fully saturated rings. The third kappa shape index (κ3) is 9.62. The van der Waals surface area contributed by atoms with Crippen molar-refractivity contribution in [3.8, 4) is 28.7 Å². The molecular weight excluding hydrogens is 705 g/mol. The number of carboxylic acid groups (broad SMARTS) is 1. The van der Waals surface area contributed by atoms with Crippen molar-refractivity contribution < 1.29 is 60.3 Å². The third-order valence-corrected chi connectivity index (χ3v) is 6.39. The van der Waals surface area contributed by atoms with Crippen molar-refractivity contribution in [2.45, 2.75) is 19.3 Å². The molecule has 4 aromatic carbocycles. The Hall–Kier alpha value is -5.29. The largest absolute Gasteiger partial charge is 0.487 e. The van der Waals surface area contributed by atoms with Gasteiger partial charge in [0.2, 0.25) is 5.75 Å². The molecule has 1 N–H and O–H groups in total. The first-order valence-electron chi connectivity index (χ1n) is 12.8. The van der Waals surface area contributed by atoms with Crippen molar-refractivity contribution in [3.63, 3.8) is 0 Å². The smallest absolute Gasteiger partial charge is 0.416 e. The summed E-state index contributed by atoms with van der Waals surface area (Å²) >= 11 is 11.5. The van der Waals surface area contributed by atoms with Crippen LogP contribution >= 0.6 is 23.2 Å². The van der Waals surface area contributed by atoms with Crippen LogP contribution in [0.2, 0.25) is 10.0 Å². The second-order valence-corrected chi connectivity index (χ2v) is 9.87. The Morgan fingerprint density at radius 1 is 0.708 bits per heavy atom. The molecule has 0 aliphatic heterocycles. The summed E-state index contributed by atoms with van der Waals surface area (Å²) in [7, 11) is 0. The van der Waals surface area contributed by atoms with Gasteiger partial charge in [-0.15, -0.1) is 0 Å². The SMILES string of the molecule is CCOc1cc(Oc2ccc(C(F)(F)F)cc2Cl)ccc1[N+](=O)[O-].O=C(O)c1cc(Oc2ccc(C(F)(F)F)cc2Cl)ccc1[N+](=O)[O-]. The summed E-state index contributed by atoms with van der Waals surface area (Å²) in [5.41, 5.74) is -3.40. The molecule has 0 amide bonds. The second-order valence-electron chi connectivity index (χ2n) is 9.05. The molecule has 0 spiro atoms. The van der Waals surface area contributed by atoms with E-state index >= 15 is 0 Å². The van der Waals surface area contributed by atoms with Crippen LogP contribution < -0.4 is 14.2 Å². The van der Waals surface area contributed by atoms with Gasteiger partial charge in [0.25, 0.3) is 5.69 Å². The number of alkyl halides is 6. The zero-order valence-electron chi connectivity index (χ0n) is 23.8. The van der Waals surface area contributed by atoms with Crippen molar-refractivity contribution in [2.75, 3.05) is 6.61 Å². The molecule has 0 saturated carbocycles. The maximum atomic E-state index is 12.6. The van der Waals surface area contributed by atoms with Crippen LogP contribution in [-0.2, 0) is 12.4 Å². The standard InChI is InChI=1S/C15H11ClF3NO4.C14H7ClF3NO5/c1-2-23-14-8-10(4-5-12(14)20(21)22)24-13-6-3-9(7-11(13)16)15(17,18)19;15-10-5-7(14(16,17)18)1-4-12(10)24-8-2-3-11(19(22)23)9(6-8)13(20)21/h3-8H,2H2,1H3;1-6H,(H,20,21). The lowest BCUT2D eigenvalue weighted by Crippen LogP contribution is -2.05. The van der Waals surface area contributed by atoms with Crippen molar-refractivity contribution in [1.29, 1.82) is 0 Å². The van der Waals surface area contributed by atoms with Crippen LogP contribution in [0.1, 0.15) is 28.4 Å². The molecule has 11 nitrogen and oxygen atoms in total. The Bertz CT molecular complexity index is 1850. The topological polar surface area (TPSA) is 151 Å². The van der Waals surface area contributed by atoms with Crippen molar-refractivity contribution in [1.82, 2.24) is 0 Å². The first-order valence-corrected chi connectivity index (χ1v) is 13.6. The fourth-order valence-corrected chi connectivity index (χ4v) is 4.10. The van der Waals surface area contributed by atoms with E-state index in [-0.39, 0.29) is 51.1 Å². The highest BCUT2D eigenvalue weighted by molar-refractivity contribution is 6.32. The lowest BCUT2D eigenvalue weighted by molar-refractivity contribution is -0.385. The van der Waals surface area contributed by atoms with Crippen molar-refractivity contribution in [2.24, 2.45) is 0 Å². The summed E-state index contributed by atoms with van der Waals surface area (Å²) in [6, 6.07) is 11.7. The van der Waals surface area contributed by atoms with E-state index in [0.717, 1.165) is 48.5 Å². The molecule has 0 atom stereocenters. The minimum atomic E-state index is -4.58. The molecule has 0 aliphatic carbocycles. The predicted molar refractivity (Wildman–Crippen MR) is 157 cm³/mol. The average molecular weight is 723 g/mol. The fraction of sp³-hybridized carbons (Fsp3) is 0.138. The quantitative estimate of drug-likeness (QED) is 0.101. The highest BCUT2D eigenvalue weighted by Gasteiger charge is 2.32. The molecular formula is C29H18Cl2F6N2O9. The summed E-state index contributed by atoms with van der Waals surface area (Å²) in [6.45, 7) is 1.86. The van der Waals surface area contributed by atoms with Gasteiger partial charge in [-0.1, -0.05) is 23.2 Å². The van der Waals surface area contributed by atoms with E-state index in [1.807, 2.05) is 0 Å². The van der Waals surface area contributed by atoms with Crippen LogP contribution in [0.3, 0.4) is 0 Å². The summed E-state index contributed by atoms with van der Waals surface area (Å²) < 4.78 is 91.3. The van der Waals surface area contributed by atoms with Crippen LogP contribution in [0.4, 0.5) is 37.7 Å². The number of carboxylic acids is 1. The molecule has 0 saturated heterocycles. The number of rotatable bonds is 9. The van der Waals surface area contributed by atoms with Gasteiger partial charge in [0, 0.05) is 24.3 Å². The molecule has 4 aromatic rings. The van der Waals surface area contributed by atoms with E-state index in [0.29, 0.717) is 6.07 Å². The number of nitro groups is 2. The molecule has 0 aliphatic rings. The van der Waals surface area contributed by atoms with E-state index in [4.69, 9.17) is 42.5 Å².